The summed E-state index contributed by atoms with van der Waals surface area (Å²) in [5, 5.41) is 6.73. The zero-order valence-electron chi connectivity index (χ0n) is 14.9. The number of anilines is 2. The first-order valence-corrected chi connectivity index (χ1v) is 9.28. The summed E-state index contributed by atoms with van der Waals surface area (Å²) in [7, 11) is 0. The number of nitrogens with zero attached hydrogens (tertiary/aromatic N) is 2. The first kappa shape index (κ1) is 17.3. The Morgan fingerprint density at radius 1 is 1.00 bits per heavy atom. The van der Waals surface area contributed by atoms with Crippen LogP contribution in [0.15, 0.2) is 59.8 Å². The van der Waals surface area contributed by atoms with Gasteiger partial charge < -0.3 is 5.32 Å². The second-order valence-electron chi connectivity index (χ2n) is 6.79. The minimum Gasteiger partial charge on any atom is -0.317 e. The molecule has 1 aliphatic carbocycles. The van der Waals surface area contributed by atoms with E-state index in [1.807, 2.05) is 48.5 Å². The minimum absolute atomic E-state index is 0.124. The lowest BCUT2D eigenvalue weighted by Crippen LogP contribution is -2.36. The summed E-state index contributed by atoms with van der Waals surface area (Å²) in [4.78, 5) is 31.6. The van der Waals surface area contributed by atoms with E-state index in [-0.39, 0.29) is 17.7 Å². The van der Waals surface area contributed by atoms with Gasteiger partial charge >= 0.3 is 6.09 Å². The summed E-state index contributed by atoms with van der Waals surface area (Å²) >= 11 is 0. The predicted octanol–water partition coefficient (Wildman–Crippen LogP) is 4.13. The van der Waals surface area contributed by atoms with Crippen molar-refractivity contribution in [1.29, 1.82) is 0 Å². The van der Waals surface area contributed by atoms with Gasteiger partial charge in [0, 0.05) is 17.3 Å². The molecule has 27 heavy (non-hydrogen) atoms. The molecule has 6 nitrogen and oxygen atoms in total. The van der Waals surface area contributed by atoms with Gasteiger partial charge in [0.25, 0.3) is 5.91 Å². The maximum absolute atomic E-state index is 12.9. The molecular weight excluding hydrogens is 342 g/mol. The van der Waals surface area contributed by atoms with Crippen LogP contribution in [0.4, 0.5) is 16.2 Å². The Morgan fingerprint density at radius 2 is 1.70 bits per heavy atom. The molecule has 0 unspecified atom stereocenters. The average molecular weight is 363 g/mol. The van der Waals surface area contributed by atoms with Crippen LogP contribution in [0.5, 0.6) is 0 Å². The highest BCUT2D eigenvalue weighted by molar-refractivity contribution is 6.55. The molecule has 2 aliphatic rings. The largest absolute Gasteiger partial charge is 0.433 e. The van der Waals surface area contributed by atoms with Crippen LogP contribution >= 0.6 is 0 Å². The van der Waals surface area contributed by atoms with E-state index < -0.39 is 6.09 Å². The number of benzene rings is 2. The fourth-order valence-corrected chi connectivity index (χ4v) is 3.65. The third-order valence-corrected chi connectivity index (χ3v) is 4.97. The Hall–Kier alpha value is -3.15. The van der Waals surface area contributed by atoms with Crippen LogP contribution in [-0.2, 0) is 9.63 Å². The van der Waals surface area contributed by atoms with E-state index in [4.69, 9.17) is 4.84 Å². The molecule has 6 heteroatoms. The molecule has 0 bridgehead atoms. The lowest BCUT2D eigenvalue weighted by Gasteiger charge is -2.21. The Kier molecular flexibility index (Phi) is 4.87. The topological polar surface area (TPSA) is 71.0 Å². The number of fused-ring (bicyclic) bond motifs is 1. The number of carbonyl (C=O) groups excluding carboxylic acids is 2. The van der Waals surface area contributed by atoms with Crippen LogP contribution < -0.4 is 10.2 Å². The maximum Gasteiger partial charge on any atom is 0.433 e. The van der Waals surface area contributed by atoms with Crippen molar-refractivity contribution >= 4 is 29.1 Å². The normalized spacial score (nSPS) is 18.4. The molecule has 1 saturated carbocycles. The van der Waals surface area contributed by atoms with E-state index in [0.29, 0.717) is 5.56 Å². The van der Waals surface area contributed by atoms with Crippen LogP contribution in [-0.4, -0.2) is 23.8 Å². The standard InChI is InChI=1S/C21H21N3O3/c25-20-19(23-27-21(26)22-15-9-3-1-4-10-15)17-13-7-8-14-18(17)24(20)16-11-5-2-6-12-16/h2,5-8,11-15H,1,3-4,9-10H2,(H,22,26)/b23-19-. The zero-order valence-corrected chi connectivity index (χ0v) is 14.9. The van der Waals surface area contributed by atoms with E-state index in [1.54, 1.807) is 11.0 Å². The molecule has 1 heterocycles. The summed E-state index contributed by atoms with van der Waals surface area (Å²) in [6.45, 7) is 0. The smallest absolute Gasteiger partial charge is 0.317 e. The number of nitrogens with one attached hydrogen (secondary N) is 1. The summed E-state index contributed by atoms with van der Waals surface area (Å²) in [6, 6.07) is 16.8. The van der Waals surface area contributed by atoms with E-state index >= 15 is 0 Å². The van der Waals surface area contributed by atoms with Crippen molar-refractivity contribution < 1.29 is 14.4 Å². The molecular formula is C21H21N3O3. The average Bonchev–Trinajstić information content (AvgIpc) is 2.99. The molecule has 2 aromatic carbocycles. The highest BCUT2D eigenvalue weighted by Crippen LogP contribution is 2.35. The lowest BCUT2D eigenvalue weighted by molar-refractivity contribution is -0.111. The Morgan fingerprint density at radius 3 is 2.48 bits per heavy atom. The van der Waals surface area contributed by atoms with Crippen LogP contribution in [0.3, 0.4) is 0 Å². The van der Waals surface area contributed by atoms with E-state index in [9.17, 15) is 9.59 Å². The van der Waals surface area contributed by atoms with E-state index in [0.717, 1.165) is 37.1 Å². The van der Waals surface area contributed by atoms with Crippen molar-refractivity contribution in [3.63, 3.8) is 0 Å². The molecule has 2 amide bonds. The summed E-state index contributed by atoms with van der Waals surface area (Å²) in [6.07, 6.45) is 4.72. The second-order valence-corrected chi connectivity index (χ2v) is 6.79. The molecule has 0 aromatic heterocycles. The maximum atomic E-state index is 12.9. The number of carbonyl (C=O) groups is 2. The summed E-state index contributed by atoms with van der Waals surface area (Å²) in [5.41, 5.74) is 2.25. The van der Waals surface area contributed by atoms with Crippen LogP contribution in [0.25, 0.3) is 0 Å². The number of oxime groups is 1. The van der Waals surface area contributed by atoms with Crippen LogP contribution in [0, 0.1) is 0 Å². The highest BCUT2D eigenvalue weighted by atomic mass is 16.7. The molecule has 4 rings (SSSR count). The minimum atomic E-state index is -0.613. The fraction of sp³-hybridized carbons (Fsp3) is 0.286. The van der Waals surface area contributed by atoms with Crippen LogP contribution in [0.2, 0.25) is 0 Å². The molecule has 1 aliphatic heterocycles. The van der Waals surface area contributed by atoms with Crippen molar-refractivity contribution in [3.05, 3.63) is 60.2 Å². The van der Waals surface area contributed by atoms with E-state index in [1.165, 1.54) is 6.42 Å². The van der Waals surface area contributed by atoms with Gasteiger partial charge in [0.1, 0.15) is 0 Å². The van der Waals surface area contributed by atoms with Gasteiger partial charge in [0.2, 0.25) is 0 Å². The Labute approximate surface area is 157 Å². The zero-order chi connectivity index (χ0) is 18.6. The summed E-state index contributed by atoms with van der Waals surface area (Å²) in [5.74, 6) is -0.312. The van der Waals surface area contributed by atoms with Gasteiger partial charge in [0.05, 0.1) is 5.69 Å². The third kappa shape index (κ3) is 3.56. The molecule has 0 radical (unpaired) electrons. The van der Waals surface area contributed by atoms with Gasteiger partial charge in [0.15, 0.2) is 5.71 Å². The van der Waals surface area contributed by atoms with Gasteiger partial charge in [-0.1, -0.05) is 60.8 Å². The SMILES string of the molecule is O=C(NC1CCCCC1)O/N=C1\C(=O)N(c2ccccc2)c2ccccc21. The Balaban J connectivity index is 1.55. The highest BCUT2D eigenvalue weighted by Gasteiger charge is 2.35. The molecule has 1 N–H and O–H groups in total. The van der Waals surface area contributed by atoms with Crippen molar-refractivity contribution in [3.8, 4) is 0 Å². The molecule has 0 atom stereocenters. The fourth-order valence-electron chi connectivity index (χ4n) is 3.65. The number of rotatable bonds is 3. The summed E-state index contributed by atoms with van der Waals surface area (Å²) < 4.78 is 0. The third-order valence-electron chi connectivity index (χ3n) is 4.97. The molecule has 0 spiro atoms. The van der Waals surface area contributed by atoms with Crippen molar-refractivity contribution in [2.24, 2.45) is 5.16 Å². The molecule has 138 valence electrons. The Bertz CT molecular complexity index is 873. The monoisotopic (exact) mass is 363 g/mol. The quantitative estimate of drug-likeness (QED) is 0.658. The van der Waals surface area contributed by atoms with Gasteiger partial charge in [-0.05, 0) is 31.0 Å². The van der Waals surface area contributed by atoms with Crippen molar-refractivity contribution in [1.82, 2.24) is 5.32 Å². The first-order chi connectivity index (χ1) is 13.2. The van der Waals surface area contributed by atoms with Crippen molar-refractivity contribution in [2.75, 3.05) is 4.90 Å². The predicted molar refractivity (Wildman–Crippen MR) is 103 cm³/mol. The van der Waals surface area contributed by atoms with Gasteiger partial charge in [-0.2, -0.15) is 0 Å². The lowest BCUT2D eigenvalue weighted by atomic mass is 9.96. The number of hydrogen-bond donors (Lipinski definition) is 1. The second kappa shape index (κ2) is 7.61. The molecule has 2 aromatic rings. The molecule has 0 saturated heterocycles. The van der Waals surface area contributed by atoms with E-state index in [2.05, 4.69) is 10.5 Å². The van der Waals surface area contributed by atoms with Crippen LogP contribution in [0.1, 0.15) is 37.7 Å². The first-order valence-electron chi connectivity index (χ1n) is 9.28. The molecule has 1 fully saturated rings. The van der Waals surface area contributed by atoms with Gasteiger partial charge in [-0.25, -0.2) is 4.79 Å². The van der Waals surface area contributed by atoms with Crippen molar-refractivity contribution in [2.45, 2.75) is 38.1 Å². The number of hydrogen-bond acceptors (Lipinski definition) is 4. The van der Waals surface area contributed by atoms with Gasteiger partial charge in [-0.15, -0.1) is 0 Å². The number of para-hydroxylation sites is 2. The number of amides is 2. The van der Waals surface area contributed by atoms with Gasteiger partial charge in [-0.3, -0.25) is 14.5 Å².